The number of carbonyl (C=O) groups is 2. The Balaban J connectivity index is 1.81. The Morgan fingerprint density at radius 3 is 2.57 bits per heavy atom. The van der Waals surface area contributed by atoms with E-state index in [4.69, 9.17) is 4.74 Å². The maximum atomic E-state index is 13.4. The molecule has 0 bridgehead atoms. The van der Waals surface area contributed by atoms with E-state index in [1.807, 2.05) is 0 Å². The summed E-state index contributed by atoms with van der Waals surface area (Å²) in [5.41, 5.74) is 3.15. The highest BCUT2D eigenvalue weighted by Gasteiger charge is 2.16. The Bertz CT molecular complexity index is 1160. The first-order chi connectivity index (χ1) is 14.3. The van der Waals surface area contributed by atoms with Gasteiger partial charge in [-0.3, -0.25) is 9.78 Å². The molecule has 0 spiro atoms. The van der Waals surface area contributed by atoms with Crippen molar-refractivity contribution in [1.82, 2.24) is 10.4 Å². The number of ether oxygens (including phenoxy) is 1. The highest BCUT2D eigenvalue weighted by Crippen LogP contribution is 2.32. The van der Waals surface area contributed by atoms with E-state index in [-0.39, 0.29) is 11.3 Å². The minimum absolute atomic E-state index is 0.0585. The number of halogens is 4. The number of hydrogen-bond donors (Lipinski definition) is 1. The molecule has 10 heteroatoms. The smallest absolute Gasteiger partial charge is 0.343 e. The van der Waals surface area contributed by atoms with Crippen LogP contribution in [0.4, 0.5) is 4.39 Å². The van der Waals surface area contributed by atoms with Crippen LogP contribution in [0.5, 0.6) is 5.75 Å². The molecule has 0 saturated heterocycles. The van der Waals surface area contributed by atoms with Crippen molar-refractivity contribution in [3.05, 3.63) is 90.8 Å². The number of hydrazone groups is 1. The standard InChI is InChI=1S/C20H11Br3FN3O3/c21-14-4-12(9-26-27-19(28)13-5-15(22)10-25-8-13)18(17(23)7-14)30-20(29)11-2-1-3-16(24)6-11/h1-10H,(H,27,28)/b26-9+. The van der Waals surface area contributed by atoms with Crippen LogP contribution in [0, 0.1) is 5.82 Å². The molecule has 0 saturated carbocycles. The lowest BCUT2D eigenvalue weighted by atomic mass is 10.2. The topological polar surface area (TPSA) is 80.6 Å². The highest BCUT2D eigenvalue weighted by molar-refractivity contribution is 9.11. The molecule has 3 aromatic rings. The van der Waals surface area contributed by atoms with Gasteiger partial charge in [-0.2, -0.15) is 5.10 Å². The van der Waals surface area contributed by atoms with Crippen LogP contribution in [0.2, 0.25) is 0 Å². The zero-order valence-electron chi connectivity index (χ0n) is 14.9. The summed E-state index contributed by atoms with van der Waals surface area (Å²) in [6.07, 6.45) is 4.28. The Kier molecular flexibility index (Phi) is 7.46. The number of benzene rings is 2. The number of nitrogens with one attached hydrogen (secondary N) is 1. The molecule has 0 aliphatic heterocycles. The zero-order chi connectivity index (χ0) is 21.7. The van der Waals surface area contributed by atoms with Gasteiger partial charge >= 0.3 is 5.97 Å². The molecular weight excluding hydrogens is 589 g/mol. The quantitative estimate of drug-likeness (QED) is 0.182. The summed E-state index contributed by atoms with van der Waals surface area (Å²) < 4.78 is 20.6. The number of aromatic nitrogens is 1. The number of pyridine rings is 1. The average Bonchev–Trinajstić information content (AvgIpc) is 2.70. The van der Waals surface area contributed by atoms with Gasteiger partial charge in [-0.25, -0.2) is 14.6 Å². The lowest BCUT2D eigenvalue weighted by molar-refractivity contribution is 0.0732. The Morgan fingerprint density at radius 2 is 1.83 bits per heavy atom. The van der Waals surface area contributed by atoms with Crippen LogP contribution in [0.15, 0.2) is 73.4 Å². The monoisotopic (exact) mass is 597 g/mol. The van der Waals surface area contributed by atoms with Crippen molar-refractivity contribution in [2.75, 3.05) is 0 Å². The molecule has 30 heavy (non-hydrogen) atoms. The van der Waals surface area contributed by atoms with Crippen molar-refractivity contribution in [3.63, 3.8) is 0 Å². The van der Waals surface area contributed by atoms with Crippen molar-refractivity contribution < 1.29 is 18.7 Å². The molecule has 152 valence electrons. The minimum atomic E-state index is -0.739. The molecule has 2 aromatic carbocycles. The molecule has 0 atom stereocenters. The Hall–Kier alpha value is -2.43. The molecule has 0 unspecified atom stereocenters. The van der Waals surface area contributed by atoms with E-state index in [1.54, 1.807) is 24.4 Å². The highest BCUT2D eigenvalue weighted by atomic mass is 79.9. The fraction of sp³-hybridized carbons (Fsp3) is 0. The van der Waals surface area contributed by atoms with E-state index in [0.717, 1.165) is 6.07 Å². The predicted molar refractivity (Wildman–Crippen MR) is 120 cm³/mol. The molecule has 1 heterocycles. The van der Waals surface area contributed by atoms with E-state index in [1.165, 1.54) is 30.6 Å². The Morgan fingerprint density at radius 1 is 1.03 bits per heavy atom. The summed E-state index contributed by atoms with van der Waals surface area (Å²) in [5.74, 6) is -1.59. The number of rotatable bonds is 5. The van der Waals surface area contributed by atoms with Crippen LogP contribution in [0.3, 0.4) is 0 Å². The largest absolute Gasteiger partial charge is 0.421 e. The zero-order valence-corrected chi connectivity index (χ0v) is 19.7. The van der Waals surface area contributed by atoms with E-state index < -0.39 is 17.7 Å². The maximum absolute atomic E-state index is 13.4. The van der Waals surface area contributed by atoms with Crippen molar-refractivity contribution in [2.45, 2.75) is 0 Å². The van der Waals surface area contributed by atoms with Crippen molar-refractivity contribution in [2.24, 2.45) is 5.10 Å². The minimum Gasteiger partial charge on any atom is -0.421 e. The van der Waals surface area contributed by atoms with Crippen molar-refractivity contribution in [3.8, 4) is 5.75 Å². The molecular formula is C20H11Br3FN3O3. The van der Waals surface area contributed by atoms with Gasteiger partial charge in [0.05, 0.1) is 21.8 Å². The second-order valence-corrected chi connectivity index (χ2v) is 8.48. The van der Waals surface area contributed by atoms with Crippen LogP contribution in [0.25, 0.3) is 0 Å². The lowest BCUT2D eigenvalue weighted by Gasteiger charge is -2.10. The lowest BCUT2D eigenvalue weighted by Crippen LogP contribution is -2.18. The van der Waals surface area contributed by atoms with Gasteiger partial charge in [0.1, 0.15) is 5.82 Å². The Labute approximate surface area is 195 Å². The van der Waals surface area contributed by atoms with E-state index in [2.05, 4.69) is 63.3 Å². The summed E-state index contributed by atoms with van der Waals surface area (Å²) in [6, 6.07) is 10.1. The van der Waals surface area contributed by atoms with Gasteiger partial charge < -0.3 is 4.74 Å². The van der Waals surface area contributed by atoms with Crippen LogP contribution in [-0.2, 0) is 0 Å². The van der Waals surface area contributed by atoms with Gasteiger partial charge in [0.15, 0.2) is 5.75 Å². The van der Waals surface area contributed by atoms with Gasteiger partial charge in [-0.1, -0.05) is 22.0 Å². The van der Waals surface area contributed by atoms with Gasteiger partial charge in [0.2, 0.25) is 0 Å². The molecule has 1 N–H and O–H groups in total. The van der Waals surface area contributed by atoms with Gasteiger partial charge in [0, 0.05) is 26.9 Å². The number of hydrogen-bond acceptors (Lipinski definition) is 5. The van der Waals surface area contributed by atoms with Crippen LogP contribution in [-0.4, -0.2) is 23.1 Å². The molecule has 1 amide bonds. The normalized spacial score (nSPS) is 10.8. The molecule has 6 nitrogen and oxygen atoms in total. The van der Waals surface area contributed by atoms with Gasteiger partial charge in [-0.15, -0.1) is 0 Å². The molecule has 0 aliphatic carbocycles. The van der Waals surface area contributed by atoms with Crippen LogP contribution in [0.1, 0.15) is 26.3 Å². The SMILES string of the molecule is O=C(N/N=C/c1cc(Br)cc(Br)c1OC(=O)c1cccc(F)c1)c1cncc(Br)c1. The second-order valence-electron chi connectivity index (χ2n) is 5.80. The maximum Gasteiger partial charge on any atom is 0.343 e. The summed E-state index contributed by atoms with van der Waals surface area (Å²) in [4.78, 5) is 28.5. The van der Waals surface area contributed by atoms with Crippen LogP contribution >= 0.6 is 47.8 Å². The first-order valence-corrected chi connectivity index (χ1v) is 10.6. The van der Waals surface area contributed by atoms with Crippen LogP contribution < -0.4 is 10.2 Å². The van der Waals surface area contributed by atoms with E-state index in [0.29, 0.717) is 24.5 Å². The van der Waals surface area contributed by atoms with Gasteiger partial charge in [-0.05, 0) is 68.3 Å². The van der Waals surface area contributed by atoms with E-state index in [9.17, 15) is 14.0 Å². The van der Waals surface area contributed by atoms with Crippen molar-refractivity contribution >= 4 is 65.9 Å². The fourth-order valence-corrected chi connectivity index (χ4v) is 4.02. The predicted octanol–water partition coefficient (Wildman–Crippen LogP) is 5.49. The third kappa shape index (κ3) is 5.80. The molecule has 0 aliphatic rings. The summed E-state index contributed by atoms with van der Waals surface area (Å²) >= 11 is 9.93. The summed E-state index contributed by atoms with van der Waals surface area (Å²) in [6.45, 7) is 0. The number of esters is 1. The number of amides is 1. The van der Waals surface area contributed by atoms with E-state index >= 15 is 0 Å². The number of nitrogens with zero attached hydrogens (tertiary/aromatic N) is 2. The third-order valence-electron chi connectivity index (χ3n) is 3.63. The summed E-state index contributed by atoms with van der Waals surface area (Å²) in [7, 11) is 0. The third-order valence-corrected chi connectivity index (χ3v) is 5.11. The summed E-state index contributed by atoms with van der Waals surface area (Å²) in [5, 5.41) is 3.92. The van der Waals surface area contributed by atoms with Gasteiger partial charge in [0.25, 0.3) is 5.91 Å². The average molecular weight is 600 g/mol. The first kappa shape index (κ1) is 22.3. The fourth-order valence-electron chi connectivity index (χ4n) is 2.31. The van der Waals surface area contributed by atoms with Crippen molar-refractivity contribution in [1.29, 1.82) is 0 Å². The number of carbonyl (C=O) groups excluding carboxylic acids is 2. The molecule has 0 fully saturated rings. The first-order valence-electron chi connectivity index (χ1n) is 8.24. The molecule has 0 radical (unpaired) electrons. The second kappa shape index (κ2) is 10.1. The molecule has 1 aromatic heterocycles. The molecule has 3 rings (SSSR count).